The van der Waals surface area contributed by atoms with Crippen LogP contribution in [0.25, 0.3) is 0 Å². The fraction of sp³-hybridized carbons (Fsp3) is 0.239. The molecule has 111 heavy (non-hydrogen) atoms. The van der Waals surface area contributed by atoms with Gasteiger partial charge in [0.2, 0.25) is 5.75 Å². The molecule has 11 aromatic carbocycles. The first-order chi connectivity index (χ1) is 52.9. The highest BCUT2D eigenvalue weighted by Gasteiger charge is 2.11. The number of non-ortho nitro benzene ring substituents is 2. The molecule has 0 radical (unpaired) electrons. The van der Waals surface area contributed by atoms with Crippen molar-refractivity contribution in [3.05, 3.63) is 369 Å². The van der Waals surface area contributed by atoms with Crippen molar-refractivity contribution in [2.45, 2.75) is 110 Å². The number of nitrogens with zero attached hydrogens (tertiary/aromatic N) is 5. The van der Waals surface area contributed by atoms with Crippen LogP contribution in [0.1, 0.15) is 127 Å². The molecule has 0 unspecified atom stereocenters. The normalized spacial score (nSPS) is 9.23. The van der Waals surface area contributed by atoms with Crippen LogP contribution in [-0.4, -0.2) is 68.5 Å². The van der Waals surface area contributed by atoms with Crippen LogP contribution in [-0.2, 0) is 0 Å². The summed E-state index contributed by atoms with van der Waals surface area (Å²) in [5.41, 5.74) is 15.7. The van der Waals surface area contributed by atoms with Crippen molar-refractivity contribution in [3.63, 3.8) is 0 Å². The molecule has 0 bridgehead atoms. The molecule has 0 N–H and O–H groups in total. The average Bonchev–Trinajstić information content (AvgIpc) is 0.837. The lowest BCUT2D eigenvalue weighted by Crippen LogP contribution is -1.95. The van der Waals surface area contributed by atoms with Gasteiger partial charge in [0.05, 0.1) is 80.2 Å². The van der Waals surface area contributed by atoms with E-state index in [9.17, 15) is 39.9 Å². The Morgan fingerprint density at radius 3 is 1.11 bits per heavy atom. The van der Waals surface area contributed by atoms with Gasteiger partial charge < -0.3 is 28.4 Å². The van der Waals surface area contributed by atoms with E-state index in [1.807, 2.05) is 232 Å². The zero-order valence-electron chi connectivity index (χ0n) is 67.3. The second kappa shape index (κ2) is 55.2. The van der Waals surface area contributed by atoms with Crippen molar-refractivity contribution >= 4 is 28.6 Å². The lowest BCUT2D eigenvalue weighted by molar-refractivity contribution is -0.385. The van der Waals surface area contributed by atoms with Gasteiger partial charge in [-0.05, 0) is 185 Å². The number of nitriles is 2. The summed E-state index contributed by atoms with van der Waals surface area (Å²) < 4.78 is 30.8. The number of nitro benzene ring substituents is 3. The van der Waals surface area contributed by atoms with Crippen LogP contribution >= 0.6 is 0 Å². The van der Waals surface area contributed by atoms with Crippen molar-refractivity contribution in [3.8, 4) is 46.6 Å². The van der Waals surface area contributed by atoms with Crippen LogP contribution in [0.2, 0.25) is 0 Å². The highest BCUT2D eigenvalue weighted by atomic mass is 16.6. The largest absolute Gasteiger partial charge is 0.497 e. The predicted molar refractivity (Wildman–Crippen MR) is 446 cm³/mol. The predicted octanol–water partition coefficient (Wildman–Crippen LogP) is 23.0. The number of carbonyl (C=O) groups is 2. The summed E-state index contributed by atoms with van der Waals surface area (Å²) >= 11 is 0. The van der Waals surface area contributed by atoms with Crippen LogP contribution in [0.3, 0.4) is 0 Å². The van der Waals surface area contributed by atoms with E-state index in [1.54, 1.807) is 97.9 Å². The molecule has 0 aliphatic rings. The third-order valence-electron chi connectivity index (χ3n) is 15.0. The van der Waals surface area contributed by atoms with Crippen LogP contribution < -0.4 is 28.4 Å². The zero-order valence-corrected chi connectivity index (χ0v) is 67.3. The number of hydrogen-bond acceptors (Lipinski definition) is 16. The Hall–Kier alpha value is -13.3. The summed E-state index contributed by atoms with van der Waals surface area (Å²) in [6.45, 7) is 27.9. The lowest BCUT2D eigenvalue weighted by Gasteiger charge is -2.12. The maximum absolute atomic E-state index is 11.1. The van der Waals surface area contributed by atoms with Crippen LogP contribution in [0.4, 0.5) is 17.1 Å². The minimum Gasteiger partial charge on any atom is -0.497 e. The molecule has 0 aliphatic heterocycles. The smallest absolute Gasteiger partial charge is 0.272 e. The Morgan fingerprint density at radius 1 is 0.360 bits per heavy atom. The summed E-state index contributed by atoms with van der Waals surface area (Å²) in [6.07, 6.45) is 1.65. The lowest BCUT2D eigenvalue weighted by atomic mass is 10.1. The Kier molecular flexibility index (Phi) is 47.6. The SMILES string of the molecule is CC(=O)c1ccc(C)cc1.CCC(=O)c1ccc(C)cc1.CCCOc1ccc(C)cc1.COc1cc(C)cc(OC)c1OC.COc1ccc(C)cc1.COc1cccc(C)c1.Cc1ccc(C#N)cc1.Cc1ccc([N+](=O)[O-])cc1.Cc1cccc(C#N)c1.Cc1cccc([N+](=O)[O-])c1.Cc1ccccc1[N+](=O)[O-]. The Morgan fingerprint density at radius 2 is 0.766 bits per heavy atom. The molecule has 0 fully saturated rings. The number of carbonyl (C=O) groups excluding carboxylic acids is 2. The third kappa shape index (κ3) is 42.0. The van der Waals surface area contributed by atoms with E-state index in [0.29, 0.717) is 29.2 Å². The fourth-order valence-corrected chi connectivity index (χ4v) is 8.73. The van der Waals surface area contributed by atoms with Gasteiger partial charge in [0.15, 0.2) is 23.1 Å². The number of benzene rings is 11. The summed E-state index contributed by atoms with van der Waals surface area (Å²) in [5, 5.41) is 47.3. The van der Waals surface area contributed by atoms with Crippen molar-refractivity contribution in [2.24, 2.45) is 0 Å². The Balaban J connectivity index is 0.000000611. The Labute approximate surface area is 655 Å². The molecule has 0 aliphatic carbocycles. The fourth-order valence-electron chi connectivity index (χ4n) is 8.73. The summed E-state index contributed by atoms with van der Waals surface area (Å²) in [5.74, 6) is 5.17. The van der Waals surface area contributed by atoms with Crippen molar-refractivity contribution in [2.75, 3.05) is 42.2 Å². The molecular weight excluding hydrogens is 1400 g/mol. The van der Waals surface area contributed by atoms with E-state index in [-0.39, 0.29) is 33.6 Å². The summed E-state index contributed by atoms with van der Waals surface area (Å²) in [7, 11) is 8.16. The number of para-hydroxylation sites is 1. The highest BCUT2D eigenvalue weighted by molar-refractivity contribution is 5.95. The first-order valence-electron chi connectivity index (χ1n) is 35.3. The first-order valence-corrected chi connectivity index (χ1v) is 35.3. The number of ketones is 2. The number of nitro groups is 3. The highest BCUT2D eigenvalue weighted by Crippen LogP contribution is 2.38. The number of ether oxygens (including phenoxy) is 6. The van der Waals surface area contributed by atoms with E-state index in [4.69, 9.17) is 38.9 Å². The van der Waals surface area contributed by atoms with Gasteiger partial charge in [0.25, 0.3) is 17.1 Å². The molecule has 0 heterocycles. The summed E-state index contributed by atoms with van der Waals surface area (Å²) in [6, 6.07) is 81.8. The van der Waals surface area contributed by atoms with Gasteiger partial charge in [-0.3, -0.25) is 39.9 Å². The second-order valence-electron chi connectivity index (χ2n) is 24.7. The monoisotopic (exact) mass is 1500 g/mol. The minimum atomic E-state index is -0.403. The molecule has 0 amide bonds. The maximum atomic E-state index is 11.1. The number of aryl methyl sites for hydroxylation is 11. The van der Waals surface area contributed by atoms with Gasteiger partial charge in [-0.2, -0.15) is 10.5 Å². The molecule has 19 heteroatoms. The van der Waals surface area contributed by atoms with Crippen LogP contribution in [0, 0.1) is 129 Å². The van der Waals surface area contributed by atoms with Gasteiger partial charge in [-0.1, -0.05) is 199 Å². The molecule has 0 atom stereocenters. The number of Topliss-reactive ketones (excluding diaryl/α,β-unsaturated/α-hetero) is 2. The molecular formula is C92H105N5O14. The molecule has 0 spiro atoms. The first kappa shape index (κ1) is 95.8. The van der Waals surface area contributed by atoms with Crippen LogP contribution in [0.5, 0.6) is 34.5 Å². The van der Waals surface area contributed by atoms with Gasteiger partial charge >= 0.3 is 0 Å². The molecule has 11 rings (SSSR count). The molecule has 582 valence electrons. The van der Waals surface area contributed by atoms with Gasteiger partial charge in [-0.15, -0.1) is 0 Å². The second-order valence-corrected chi connectivity index (χ2v) is 24.7. The topological polar surface area (TPSA) is 267 Å². The molecule has 0 saturated heterocycles. The average molecular weight is 1500 g/mol. The van der Waals surface area contributed by atoms with Crippen molar-refractivity contribution in [1.82, 2.24) is 0 Å². The van der Waals surface area contributed by atoms with Crippen molar-refractivity contribution < 1.29 is 52.8 Å². The van der Waals surface area contributed by atoms with E-state index in [1.165, 1.54) is 57.6 Å². The molecule has 0 saturated carbocycles. The van der Waals surface area contributed by atoms with Gasteiger partial charge in [0, 0.05) is 53.4 Å². The number of rotatable bonds is 14. The van der Waals surface area contributed by atoms with E-state index in [2.05, 4.69) is 45.0 Å². The van der Waals surface area contributed by atoms with Gasteiger partial charge in [0.1, 0.15) is 17.2 Å². The van der Waals surface area contributed by atoms with Crippen molar-refractivity contribution in [1.29, 1.82) is 10.5 Å². The molecule has 0 aromatic heterocycles. The standard InChI is InChI=1S/C10H14O3.C10H14O.C10H12O.C9H10O.2C8H7N.2C8H10O.3C7H7NO2/c1-7-5-8(11-2)10(13-4)9(6-7)12-3;1-3-8-11-10-6-4-9(2)5-7-10;1-3-10(11)9-6-4-8(2)5-7-9;1-7-3-5-9(6-4-7)8(2)10;1-7-2-4-8(6-9)5-3-7;1-7-3-2-4-8(5-7)6-9;1-7-3-5-8(9-2)6-4-7;1-7-4-3-5-8(6-7)9-2;1-6-2-4-7(5-3-6)8(9)10;1-6-3-2-4-7(5-6)8(9)10;1-6-4-2-3-5-7(6)8(9)10/h5-6H,1-4H3;4-7H,3,8H2,1-2H3;4-7H,3H2,1-2H3;3-6H,1-2H3;2*2-5H,1H3;2*3-6H,1-2H3;3*2-5H,1H3. The molecule has 19 nitrogen and oxygen atoms in total. The quantitative estimate of drug-likeness (QED) is 0.0556. The maximum Gasteiger partial charge on any atom is 0.272 e. The number of hydrogen-bond donors (Lipinski definition) is 0. The van der Waals surface area contributed by atoms with E-state index in [0.717, 1.165) is 74.8 Å². The zero-order chi connectivity index (χ0) is 83.2. The van der Waals surface area contributed by atoms with E-state index < -0.39 is 9.85 Å². The third-order valence-corrected chi connectivity index (χ3v) is 15.0. The summed E-state index contributed by atoms with van der Waals surface area (Å²) in [4.78, 5) is 51.2. The van der Waals surface area contributed by atoms with Gasteiger partial charge in [-0.25, -0.2) is 0 Å². The Bertz CT molecular complexity index is 4550. The van der Waals surface area contributed by atoms with E-state index >= 15 is 0 Å². The number of methoxy groups -OCH3 is 5. The minimum absolute atomic E-state index is 0.125. The molecule has 11 aromatic rings. The van der Waals surface area contributed by atoms with Crippen LogP contribution in [0.15, 0.2) is 255 Å².